The summed E-state index contributed by atoms with van der Waals surface area (Å²) in [6.07, 6.45) is 0.271. The van der Waals surface area contributed by atoms with E-state index < -0.39 is 11.8 Å². The zero-order valence-electron chi connectivity index (χ0n) is 11.9. The summed E-state index contributed by atoms with van der Waals surface area (Å²) in [4.78, 5) is 16.0. The Morgan fingerprint density at radius 3 is 2.62 bits per heavy atom. The van der Waals surface area contributed by atoms with Crippen LogP contribution in [0.5, 0.6) is 0 Å². The quantitative estimate of drug-likeness (QED) is 0.901. The molecule has 2 rings (SSSR count). The Morgan fingerprint density at radius 2 is 2.10 bits per heavy atom. The summed E-state index contributed by atoms with van der Waals surface area (Å²) >= 11 is 7.17. The van der Waals surface area contributed by atoms with Gasteiger partial charge in [-0.1, -0.05) is 38.4 Å². The topological polar surface area (TPSA) is 50.2 Å². The van der Waals surface area contributed by atoms with E-state index in [1.54, 1.807) is 6.07 Å². The van der Waals surface area contributed by atoms with Gasteiger partial charge in [0.1, 0.15) is 10.7 Å². The number of aromatic nitrogens is 1. The molecule has 112 valence electrons. The minimum Gasteiger partial charge on any atom is -0.477 e. The van der Waals surface area contributed by atoms with Gasteiger partial charge in [-0.3, -0.25) is 0 Å². The number of thiazole rings is 1. The molecule has 0 radical (unpaired) electrons. The van der Waals surface area contributed by atoms with E-state index in [1.807, 2.05) is 20.8 Å². The minimum absolute atomic E-state index is 0.209. The van der Waals surface area contributed by atoms with Crippen LogP contribution >= 0.6 is 22.9 Å². The molecule has 0 saturated carbocycles. The predicted molar refractivity (Wildman–Crippen MR) is 82.0 cm³/mol. The van der Waals surface area contributed by atoms with E-state index in [9.17, 15) is 14.3 Å². The van der Waals surface area contributed by atoms with Crippen molar-refractivity contribution < 1.29 is 14.3 Å². The van der Waals surface area contributed by atoms with E-state index in [2.05, 4.69) is 4.98 Å². The summed E-state index contributed by atoms with van der Waals surface area (Å²) in [5.74, 6) is -1.42. The van der Waals surface area contributed by atoms with E-state index in [1.165, 1.54) is 23.5 Å². The van der Waals surface area contributed by atoms with Crippen LogP contribution in [0.1, 0.15) is 46.7 Å². The number of halogens is 2. The van der Waals surface area contributed by atoms with E-state index >= 15 is 0 Å². The number of aromatic carboxylic acids is 1. The average molecular weight is 328 g/mol. The number of rotatable bonds is 3. The van der Waals surface area contributed by atoms with Gasteiger partial charge in [0.05, 0.1) is 10.7 Å². The molecule has 0 bridgehead atoms. The number of hydrogen-bond donors (Lipinski definition) is 1. The predicted octanol–water partition coefficient (Wildman–Crippen LogP) is 4.52. The van der Waals surface area contributed by atoms with Crippen LogP contribution in [0.2, 0.25) is 5.02 Å². The second-order valence-corrected chi connectivity index (χ2v) is 7.17. The summed E-state index contributed by atoms with van der Waals surface area (Å²) in [5.41, 5.74) is 0.900. The molecule has 1 heterocycles. The molecule has 0 amide bonds. The number of nitrogens with zero attached hydrogens (tertiary/aromatic N) is 1. The van der Waals surface area contributed by atoms with Gasteiger partial charge in [0.15, 0.2) is 0 Å². The van der Waals surface area contributed by atoms with Crippen LogP contribution in [-0.4, -0.2) is 16.1 Å². The summed E-state index contributed by atoms with van der Waals surface area (Å²) in [5, 5.41) is 10.3. The number of hydrogen-bond acceptors (Lipinski definition) is 3. The van der Waals surface area contributed by atoms with Crippen LogP contribution in [-0.2, 0) is 11.8 Å². The summed E-state index contributed by atoms with van der Waals surface area (Å²) in [6.45, 7) is 5.93. The third-order valence-corrected chi connectivity index (χ3v) is 4.77. The summed E-state index contributed by atoms with van der Waals surface area (Å²) in [6, 6.07) is 4.08. The van der Waals surface area contributed by atoms with E-state index in [-0.39, 0.29) is 21.7 Å². The summed E-state index contributed by atoms with van der Waals surface area (Å²) < 4.78 is 13.1. The molecule has 1 aromatic carbocycles. The maximum atomic E-state index is 13.1. The first-order valence-electron chi connectivity index (χ1n) is 6.36. The average Bonchev–Trinajstić information content (AvgIpc) is 2.76. The van der Waals surface area contributed by atoms with Gasteiger partial charge in [-0.15, -0.1) is 11.3 Å². The first-order valence-corrected chi connectivity index (χ1v) is 7.55. The van der Waals surface area contributed by atoms with Crippen molar-refractivity contribution in [2.75, 3.05) is 0 Å². The van der Waals surface area contributed by atoms with Crippen LogP contribution < -0.4 is 0 Å². The fourth-order valence-electron chi connectivity index (χ4n) is 1.80. The molecule has 2 aromatic rings. The van der Waals surface area contributed by atoms with Gasteiger partial charge in [-0.05, 0) is 17.7 Å². The third kappa shape index (κ3) is 3.60. The van der Waals surface area contributed by atoms with Gasteiger partial charge >= 0.3 is 5.97 Å². The van der Waals surface area contributed by atoms with Gasteiger partial charge in [-0.25, -0.2) is 14.2 Å². The number of carboxylic acid groups (broad SMARTS) is 1. The van der Waals surface area contributed by atoms with Crippen LogP contribution in [0.25, 0.3) is 0 Å². The highest BCUT2D eigenvalue weighted by Gasteiger charge is 2.25. The SMILES string of the molecule is CC(C)(C)c1nc(Cc2ccc(F)cc2Cl)c(C(=O)O)s1. The molecule has 0 unspecified atom stereocenters. The molecular formula is C15H15ClFNO2S. The lowest BCUT2D eigenvalue weighted by Crippen LogP contribution is -2.10. The van der Waals surface area contributed by atoms with Crippen LogP contribution in [0.4, 0.5) is 4.39 Å². The Morgan fingerprint density at radius 1 is 1.43 bits per heavy atom. The number of benzene rings is 1. The van der Waals surface area contributed by atoms with Crippen molar-refractivity contribution in [1.29, 1.82) is 0 Å². The molecule has 3 nitrogen and oxygen atoms in total. The molecule has 0 aliphatic heterocycles. The van der Waals surface area contributed by atoms with Crippen molar-refractivity contribution in [3.05, 3.63) is 50.2 Å². The molecule has 1 N–H and O–H groups in total. The monoisotopic (exact) mass is 327 g/mol. The van der Waals surface area contributed by atoms with E-state index in [0.717, 1.165) is 5.01 Å². The van der Waals surface area contributed by atoms with Gasteiger partial charge < -0.3 is 5.11 Å². The highest BCUT2D eigenvalue weighted by Crippen LogP contribution is 2.31. The van der Waals surface area contributed by atoms with Crippen molar-refractivity contribution in [1.82, 2.24) is 4.98 Å². The first kappa shape index (κ1) is 15.9. The second kappa shape index (κ2) is 5.73. The van der Waals surface area contributed by atoms with E-state index in [4.69, 9.17) is 11.6 Å². The van der Waals surface area contributed by atoms with Crippen LogP contribution in [0, 0.1) is 5.82 Å². The van der Waals surface area contributed by atoms with Crippen LogP contribution in [0.3, 0.4) is 0 Å². The highest BCUT2D eigenvalue weighted by atomic mass is 35.5. The molecule has 21 heavy (non-hydrogen) atoms. The van der Waals surface area contributed by atoms with Gasteiger partial charge in [0.25, 0.3) is 0 Å². The maximum absolute atomic E-state index is 13.1. The highest BCUT2D eigenvalue weighted by molar-refractivity contribution is 7.13. The lowest BCUT2D eigenvalue weighted by molar-refractivity contribution is 0.0701. The molecule has 6 heteroatoms. The Bertz CT molecular complexity index is 691. The second-order valence-electron chi connectivity index (χ2n) is 5.76. The van der Waals surface area contributed by atoms with Crippen molar-refractivity contribution in [3.8, 4) is 0 Å². The fourth-order valence-corrected chi connectivity index (χ4v) is 3.02. The zero-order chi connectivity index (χ0) is 15.8. The normalized spacial score (nSPS) is 11.7. The van der Waals surface area contributed by atoms with Crippen molar-refractivity contribution in [2.45, 2.75) is 32.6 Å². The Labute approximate surface area is 131 Å². The Balaban J connectivity index is 2.43. The number of carboxylic acids is 1. The molecule has 0 atom stereocenters. The van der Waals surface area contributed by atoms with Crippen molar-refractivity contribution >= 4 is 28.9 Å². The first-order chi connectivity index (χ1) is 9.68. The standard InChI is InChI=1S/C15H15ClFNO2S/c1-15(2,3)14-18-11(12(21-14)13(19)20)6-8-4-5-9(17)7-10(8)16/h4-5,7H,6H2,1-3H3,(H,19,20). The fraction of sp³-hybridized carbons (Fsp3) is 0.333. The van der Waals surface area contributed by atoms with Gasteiger partial charge in [-0.2, -0.15) is 0 Å². The van der Waals surface area contributed by atoms with Crippen LogP contribution in [0.15, 0.2) is 18.2 Å². The van der Waals surface area contributed by atoms with Gasteiger partial charge in [0, 0.05) is 16.9 Å². The van der Waals surface area contributed by atoms with Crippen molar-refractivity contribution in [2.24, 2.45) is 0 Å². The maximum Gasteiger partial charge on any atom is 0.347 e. The third-order valence-electron chi connectivity index (χ3n) is 2.91. The largest absolute Gasteiger partial charge is 0.477 e. The molecule has 0 aliphatic rings. The van der Waals surface area contributed by atoms with Gasteiger partial charge in [0.2, 0.25) is 0 Å². The Kier molecular flexibility index (Phi) is 4.35. The van der Waals surface area contributed by atoms with Crippen molar-refractivity contribution in [3.63, 3.8) is 0 Å². The molecule has 0 spiro atoms. The minimum atomic E-state index is -1.00. The molecule has 0 saturated heterocycles. The molecule has 0 fully saturated rings. The van der Waals surface area contributed by atoms with E-state index in [0.29, 0.717) is 11.3 Å². The molecular weight excluding hydrogens is 313 g/mol. The lowest BCUT2D eigenvalue weighted by Gasteiger charge is -2.13. The zero-order valence-corrected chi connectivity index (χ0v) is 13.5. The molecule has 1 aromatic heterocycles. The summed E-state index contributed by atoms with van der Waals surface area (Å²) in [7, 11) is 0. The number of carbonyl (C=O) groups is 1. The lowest BCUT2D eigenvalue weighted by atomic mass is 9.98. The smallest absolute Gasteiger partial charge is 0.347 e. The molecule has 0 aliphatic carbocycles. The Hall–Kier alpha value is -1.46.